The summed E-state index contributed by atoms with van der Waals surface area (Å²) < 4.78 is 41.0. The molecule has 0 saturated carbocycles. The Morgan fingerprint density at radius 1 is 1.05 bits per heavy atom. The SMILES string of the molecule is CCN(CCCCCC(=O)O)c1ccc2c(=[NH+]c3ccc4cc(S(=O)(=O)[O-])ccc4c3)c3c(oc2c1)C=CCC3(C)C. The van der Waals surface area contributed by atoms with E-state index in [-0.39, 0.29) is 16.7 Å². The Labute approximate surface area is 245 Å². The molecule has 4 aromatic rings. The predicted octanol–water partition coefficient (Wildman–Crippen LogP) is 4.97. The number of carbonyl (C=O) groups is 1. The van der Waals surface area contributed by atoms with E-state index in [0.29, 0.717) is 11.8 Å². The molecular weight excluding hydrogens is 552 g/mol. The van der Waals surface area contributed by atoms with E-state index in [2.05, 4.69) is 54.9 Å². The number of anilines is 1. The number of benzene rings is 3. The molecule has 1 aliphatic rings. The maximum Gasteiger partial charge on any atom is 0.303 e. The zero-order valence-corrected chi connectivity index (χ0v) is 25.0. The Kier molecular flexibility index (Phi) is 8.25. The van der Waals surface area contributed by atoms with Gasteiger partial charge in [-0.3, -0.25) is 4.79 Å². The summed E-state index contributed by atoms with van der Waals surface area (Å²) >= 11 is 0. The van der Waals surface area contributed by atoms with Crippen molar-refractivity contribution in [1.29, 1.82) is 0 Å². The van der Waals surface area contributed by atoms with Crippen molar-refractivity contribution in [3.8, 4) is 0 Å². The van der Waals surface area contributed by atoms with Crippen LogP contribution in [-0.2, 0) is 20.3 Å². The number of hydrogen-bond acceptors (Lipinski definition) is 6. The number of fused-ring (bicyclic) bond motifs is 3. The van der Waals surface area contributed by atoms with Crippen molar-refractivity contribution < 1.29 is 32.3 Å². The summed E-state index contributed by atoms with van der Waals surface area (Å²) in [6.07, 6.45) is 7.68. The fraction of sp³-hybridized carbons (Fsp3) is 0.333. The van der Waals surface area contributed by atoms with Gasteiger partial charge in [-0.1, -0.05) is 32.4 Å². The van der Waals surface area contributed by atoms with Gasteiger partial charge in [-0.05, 0) is 73.4 Å². The van der Waals surface area contributed by atoms with E-state index in [0.717, 1.165) is 76.8 Å². The maximum absolute atomic E-state index is 11.5. The molecular formula is C33H36N2O6S. The minimum Gasteiger partial charge on any atom is -0.744 e. The number of carboxylic acid groups (broad SMARTS) is 1. The average Bonchev–Trinajstić information content (AvgIpc) is 2.93. The van der Waals surface area contributed by atoms with E-state index in [9.17, 15) is 17.8 Å². The van der Waals surface area contributed by atoms with Crippen molar-refractivity contribution in [1.82, 2.24) is 0 Å². The largest absolute Gasteiger partial charge is 0.744 e. The number of hydrogen-bond donors (Lipinski definition) is 2. The Hall–Kier alpha value is -3.95. The van der Waals surface area contributed by atoms with E-state index in [1.165, 1.54) is 12.1 Å². The van der Waals surface area contributed by atoms with Gasteiger partial charge in [0.05, 0.1) is 15.8 Å². The lowest BCUT2D eigenvalue weighted by Crippen LogP contribution is -2.72. The summed E-state index contributed by atoms with van der Waals surface area (Å²) in [6.45, 7) is 8.16. The highest BCUT2D eigenvalue weighted by atomic mass is 32.2. The Bertz CT molecular complexity index is 1870. The highest BCUT2D eigenvalue weighted by Crippen LogP contribution is 2.35. The van der Waals surface area contributed by atoms with Crippen LogP contribution >= 0.6 is 0 Å². The second-order valence-electron chi connectivity index (χ2n) is 11.5. The molecule has 42 heavy (non-hydrogen) atoms. The maximum atomic E-state index is 11.5. The number of unbranched alkanes of at least 4 members (excludes halogenated alkanes) is 2. The summed E-state index contributed by atoms with van der Waals surface area (Å²) in [4.78, 5) is 16.5. The van der Waals surface area contributed by atoms with Crippen LogP contribution in [0.15, 0.2) is 70.0 Å². The molecule has 0 spiro atoms. The number of aliphatic carboxylic acids is 1. The molecule has 0 aliphatic heterocycles. The molecule has 0 bridgehead atoms. The Morgan fingerprint density at radius 3 is 2.55 bits per heavy atom. The summed E-state index contributed by atoms with van der Waals surface area (Å²) in [7, 11) is -4.53. The lowest BCUT2D eigenvalue weighted by Gasteiger charge is -2.27. The van der Waals surface area contributed by atoms with E-state index in [1.54, 1.807) is 6.07 Å². The van der Waals surface area contributed by atoms with Crippen LogP contribution < -0.4 is 15.2 Å². The first-order chi connectivity index (χ1) is 20.0. The third-order valence-electron chi connectivity index (χ3n) is 7.96. The van der Waals surface area contributed by atoms with Crippen LogP contribution in [0, 0.1) is 0 Å². The summed E-state index contributed by atoms with van der Waals surface area (Å²) in [6, 6.07) is 16.3. The van der Waals surface area contributed by atoms with Crippen molar-refractivity contribution in [3.63, 3.8) is 0 Å². The molecule has 5 rings (SSSR count). The number of nitrogens with zero attached hydrogens (tertiary/aromatic N) is 1. The van der Waals surface area contributed by atoms with Gasteiger partial charge in [0.15, 0.2) is 0 Å². The first-order valence-electron chi connectivity index (χ1n) is 14.3. The zero-order valence-electron chi connectivity index (χ0n) is 24.1. The topological polar surface area (TPSA) is 125 Å². The van der Waals surface area contributed by atoms with Crippen molar-refractivity contribution in [2.24, 2.45) is 0 Å². The summed E-state index contributed by atoms with van der Waals surface area (Å²) in [5.41, 5.74) is 3.55. The van der Waals surface area contributed by atoms with Gasteiger partial charge in [0.2, 0.25) is 11.0 Å². The third kappa shape index (κ3) is 6.27. The van der Waals surface area contributed by atoms with Crippen LogP contribution in [0.1, 0.15) is 64.2 Å². The fourth-order valence-electron chi connectivity index (χ4n) is 5.73. The van der Waals surface area contributed by atoms with Crippen molar-refractivity contribution in [3.05, 3.63) is 77.4 Å². The van der Waals surface area contributed by atoms with Crippen molar-refractivity contribution in [2.45, 2.75) is 63.2 Å². The molecule has 9 heteroatoms. The molecule has 0 radical (unpaired) electrons. The Balaban J connectivity index is 1.59. The van der Waals surface area contributed by atoms with Crippen LogP contribution in [0.25, 0.3) is 27.8 Å². The molecule has 0 amide bonds. The number of carboxylic acids is 1. The average molecular weight is 589 g/mol. The monoisotopic (exact) mass is 588 g/mol. The van der Waals surface area contributed by atoms with Gasteiger partial charge < -0.3 is 19.0 Å². The molecule has 220 valence electrons. The van der Waals surface area contributed by atoms with Gasteiger partial charge in [-0.25, -0.2) is 13.4 Å². The van der Waals surface area contributed by atoms with E-state index >= 15 is 0 Å². The van der Waals surface area contributed by atoms with Crippen LogP contribution in [0.4, 0.5) is 11.4 Å². The van der Waals surface area contributed by atoms with Gasteiger partial charge in [0.25, 0.3) is 0 Å². The van der Waals surface area contributed by atoms with E-state index in [4.69, 9.17) is 9.52 Å². The van der Waals surface area contributed by atoms with Crippen LogP contribution in [0.2, 0.25) is 0 Å². The van der Waals surface area contributed by atoms with Gasteiger partial charge in [-0.2, -0.15) is 0 Å². The van der Waals surface area contributed by atoms with Gasteiger partial charge in [0, 0.05) is 48.8 Å². The minimum atomic E-state index is -4.53. The lowest BCUT2D eigenvalue weighted by atomic mass is 9.77. The van der Waals surface area contributed by atoms with Crippen LogP contribution in [0.5, 0.6) is 0 Å². The molecule has 1 heterocycles. The summed E-state index contributed by atoms with van der Waals surface area (Å²) in [5.74, 6) is 0.0530. The second-order valence-corrected chi connectivity index (χ2v) is 12.9. The standard InChI is InChI=1S/C33H36N2O6S/c1-4-35(18-7-5-6-10-30(36)37)25-14-16-27-29(21-25)41-28-9-8-17-33(2,3)31(28)32(27)34-24-13-11-23-20-26(42(38,39)40)15-12-22(23)19-24/h8-9,11-16,19-21H,4-7,10,17-18H2,1-3H3,(H,36,37)(H,38,39,40). The smallest absolute Gasteiger partial charge is 0.303 e. The third-order valence-corrected chi connectivity index (χ3v) is 8.79. The second kappa shape index (κ2) is 11.7. The quantitative estimate of drug-likeness (QED) is 0.198. The zero-order chi connectivity index (χ0) is 30.1. The molecule has 0 fully saturated rings. The minimum absolute atomic E-state index is 0.178. The molecule has 3 aromatic carbocycles. The van der Waals surface area contributed by atoms with Crippen molar-refractivity contribution >= 4 is 55.3 Å². The molecule has 1 aromatic heterocycles. The number of nitrogens with one attached hydrogen (secondary N) is 1. The first kappa shape index (κ1) is 29.5. The highest BCUT2D eigenvalue weighted by Gasteiger charge is 2.32. The first-order valence-corrected chi connectivity index (χ1v) is 15.7. The summed E-state index contributed by atoms with van der Waals surface area (Å²) in [5, 5.41) is 12.3. The Morgan fingerprint density at radius 2 is 1.81 bits per heavy atom. The van der Waals surface area contributed by atoms with Gasteiger partial charge >= 0.3 is 5.97 Å². The van der Waals surface area contributed by atoms with Gasteiger partial charge in [0.1, 0.15) is 21.5 Å². The fourth-order valence-corrected chi connectivity index (χ4v) is 6.24. The van der Waals surface area contributed by atoms with Crippen LogP contribution in [-0.4, -0.2) is 37.1 Å². The molecule has 8 nitrogen and oxygen atoms in total. The lowest BCUT2D eigenvalue weighted by molar-refractivity contribution is -0.401. The van der Waals surface area contributed by atoms with Crippen molar-refractivity contribution in [2.75, 3.05) is 18.0 Å². The molecule has 0 unspecified atom stereocenters. The highest BCUT2D eigenvalue weighted by molar-refractivity contribution is 7.85. The van der Waals surface area contributed by atoms with Gasteiger partial charge in [-0.15, -0.1) is 0 Å². The number of allylic oxidation sites excluding steroid dienone is 1. The molecule has 2 N–H and O–H groups in total. The normalized spacial score (nSPS) is 14.8. The van der Waals surface area contributed by atoms with E-state index < -0.39 is 16.1 Å². The predicted molar refractivity (Wildman–Crippen MR) is 163 cm³/mol. The van der Waals surface area contributed by atoms with Crippen LogP contribution in [0.3, 0.4) is 0 Å². The van der Waals surface area contributed by atoms with E-state index in [1.807, 2.05) is 24.3 Å². The molecule has 0 atom stereocenters. The number of rotatable bonds is 10. The molecule has 1 aliphatic carbocycles. The molecule has 0 saturated heterocycles.